The topological polar surface area (TPSA) is 15.9 Å². The molecule has 0 aromatic carbocycles. The molecule has 1 aliphatic rings. The van der Waals surface area contributed by atoms with Crippen LogP contribution in [0.3, 0.4) is 0 Å². The van der Waals surface area contributed by atoms with Gasteiger partial charge in [-0.2, -0.15) is 0 Å². The van der Waals surface area contributed by atoms with E-state index in [1.54, 1.807) is 0 Å². The first kappa shape index (κ1) is 11.3. The molecule has 2 nitrogen and oxygen atoms in total. The normalized spacial score (nSPS) is 16.1. The zero-order valence-corrected chi connectivity index (χ0v) is 10.8. The second kappa shape index (κ2) is 5.23. The maximum atomic E-state index is 5.75. The highest BCUT2D eigenvalue weighted by Gasteiger charge is 2.22. The zero-order valence-electron chi connectivity index (χ0n) is 8.44. The Hall–Kier alpha value is -0.190. The summed E-state index contributed by atoms with van der Waals surface area (Å²) in [7, 11) is 0. The molecule has 2 heterocycles. The summed E-state index contributed by atoms with van der Waals surface area (Å²) in [6.45, 7) is 2.07. The molecule has 0 unspecified atom stereocenters. The number of halogens is 1. The molecule has 15 heavy (non-hydrogen) atoms. The van der Waals surface area contributed by atoms with Crippen molar-refractivity contribution in [2.75, 3.05) is 18.6 Å². The SMILES string of the molecule is CSC1=[N+](Cc2ccc(Cl)nc2)CCS1. The Balaban J connectivity index is 2.11. The summed E-state index contributed by atoms with van der Waals surface area (Å²) in [6, 6.07) is 3.88. The molecule has 1 aromatic rings. The van der Waals surface area contributed by atoms with Gasteiger partial charge in [0, 0.05) is 11.8 Å². The number of pyridine rings is 1. The number of rotatable bonds is 2. The second-order valence-corrected chi connectivity index (χ2v) is 5.75. The molecular weight excluding hydrogens is 248 g/mol. The maximum Gasteiger partial charge on any atom is 0.270 e. The highest BCUT2D eigenvalue weighted by atomic mass is 35.5. The van der Waals surface area contributed by atoms with E-state index in [0.717, 1.165) is 13.1 Å². The van der Waals surface area contributed by atoms with Crippen molar-refractivity contribution in [3.05, 3.63) is 29.0 Å². The van der Waals surface area contributed by atoms with E-state index in [9.17, 15) is 0 Å². The van der Waals surface area contributed by atoms with Gasteiger partial charge in [-0.1, -0.05) is 23.4 Å². The second-order valence-electron chi connectivity index (χ2n) is 3.23. The van der Waals surface area contributed by atoms with Crippen LogP contribution in [0.4, 0.5) is 0 Å². The highest BCUT2D eigenvalue weighted by molar-refractivity contribution is 8.38. The molecule has 0 spiro atoms. The molecule has 5 heteroatoms. The van der Waals surface area contributed by atoms with Crippen molar-refractivity contribution in [2.24, 2.45) is 0 Å². The Morgan fingerprint density at radius 3 is 3.13 bits per heavy atom. The summed E-state index contributed by atoms with van der Waals surface area (Å²) in [6.07, 6.45) is 3.98. The van der Waals surface area contributed by atoms with Gasteiger partial charge >= 0.3 is 0 Å². The van der Waals surface area contributed by atoms with Crippen molar-refractivity contribution >= 4 is 39.5 Å². The lowest BCUT2D eigenvalue weighted by Gasteiger charge is -2.00. The Kier molecular flexibility index (Phi) is 3.94. The lowest BCUT2D eigenvalue weighted by atomic mass is 10.3. The average Bonchev–Trinajstić information content (AvgIpc) is 2.69. The van der Waals surface area contributed by atoms with Crippen molar-refractivity contribution in [1.82, 2.24) is 4.98 Å². The number of hydrogen-bond acceptors (Lipinski definition) is 3. The lowest BCUT2D eigenvalue weighted by Crippen LogP contribution is -2.13. The van der Waals surface area contributed by atoms with E-state index < -0.39 is 0 Å². The predicted molar refractivity (Wildman–Crippen MR) is 69.1 cm³/mol. The van der Waals surface area contributed by atoms with Crippen molar-refractivity contribution < 1.29 is 4.58 Å². The Labute approximate surface area is 103 Å². The molecule has 0 amide bonds. The van der Waals surface area contributed by atoms with Crippen LogP contribution in [0.5, 0.6) is 0 Å². The van der Waals surface area contributed by atoms with Gasteiger partial charge in [-0.05, 0) is 30.2 Å². The monoisotopic (exact) mass is 259 g/mol. The van der Waals surface area contributed by atoms with E-state index in [1.807, 2.05) is 41.9 Å². The molecule has 0 bridgehead atoms. The van der Waals surface area contributed by atoms with Gasteiger partial charge in [0.2, 0.25) is 0 Å². The van der Waals surface area contributed by atoms with E-state index in [0.29, 0.717) is 5.15 Å². The van der Waals surface area contributed by atoms with E-state index in [4.69, 9.17) is 11.6 Å². The van der Waals surface area contributed by atoms with Crippen LogP contribution in [0.2, 0.25) is 5.15 Å². The molecule has 0 saturated heterocycles. The zero-order chi connectivity index (χ0) is 10.7. The summed E-state index contributed by atoms with van der Waals surface area (Å²) < 4.78 is 3.80. The average molecular weight is 260 g/mol. The summed E-state index contributed by atoms with van der Waals surface area (Å²) in [5.41, 5.74) is 1.22. The maximum absolute atomic E-state index is 5.75. The summed E-state index contributed by atoms with van der Waals surface area (Å²) >= 11 is 9.50. The van der Waals surface area contributed by atoms with Crippen LogP contribution in [0.1, 0.15) is 5.56 Å². The third-order valence-electron chi connectivity index (χ3n) is 2.18. The summed E-state index contributed by atoms with van der Waals surface area (Å²) in [4.78, 5) is 4.09. The Morgan fingerprint density at radius 1 is 1.60 bits per heavy atom. The van der Waals surface area contributed by atoms with Gasteiger partial charge in [0.05, 0.1) is 5.75 Å². The number of thioether (sulfide) groups is 2. The fourth-order valence-electron chi connectivity index (χ4n) is 1.48. The van der Waals surface area contributed by atoms with Gasteiger partial charge in [-0.3, -0.25) is 0 Å². The van der Waals surface area contributed by atoms with Crippen LogP contribution in [0.25, 0.3) is 0 Å². The fraction of sp³-hybridized carbons (Fsp3) is 0.400. The van der Waals surface area contributed by atoms with Gasteiger partial charge in [-0.15, -0.1) is 0 Å². The van der Waals surface area contributed by atoms with Crippen molar-refractivity contribution in [3.63, 3.8) is 0 Å². The van der Waals surface area contributed by atoms with E-state index in [1.165, 1.54) is 15.7 Å². The third kappa shape index (κ3) is 2.89. The summed E-state index contributed by atoms with van der Waals surface area (Å²) in [5, 5.41) is 0.559. The van der Waals surface area contributed by atoms with Crippen LogP contribution in [-0.4, -0.2) is 32.5 Å². The number of aromatic nitrogens is 1. The first-order valence-corrected chi connectivity index (χ1v) is 7.27. The smallest absolute Gasteiger partial charge is 0.244 e. The first-order chi connectivity index (χ1) is 7.29. The van der Waals surface area contributed by atoms with Crippen LogP contribution < -0.4 is 0 Å². The minimum absolute atomic E-state index is 0.559. The number of hydrogen-bond donors (Lipinski definition) is 0. The molecule has 0 saturated carbocycles. The standard InChI is InChI=1S/C10H12ClN2S2/c1-14-10-13(4-5-15-10)7-8-2-3-9(11)12-6-8/h2-3,6H,4-5,7H2,1H3/q+1. The fourth-order valence-corrected chi connectivity index (χ4v) is 3.55. The van der Waals surface area contributed by atoms with Crippen LogP contribution in [-0.2, 0) is 6.54 Å². The van der Waals surface area contributed by atoms with Gasteiger partial charge in [0.1, 0.15) is 5.15 Å². The predicted octanol–water partition coefficient (Wildman–Crippen LogP) is 2.71. The molecule has 0 atom stereocenters. The molecule has 80 valence electrons. The first-order valence-electron chi connectivity index (χ1n) is 4.68. The van der Waals surface area contributed by atoms with Crippen LogP contribution >= 0.6 is 35.1 Å². The molecule has 0 radical (unpaired) electrons. The van der Waals surface area contributed by atoms with Crippen LogP contribution in [0.15, 0.2) is 18.3 Å². The van der Waals surface area contributed by atoms with E-state index in [2.05, 4.69) is 15.8 Å². The minimum atomic E-state index is 0.559. The lowest BCUT2D eigenvalue weighted by molar-refractivity contribution is -0.531. The molecule has 0 fully saturated rings. The van der Waals surface area contributed by atoms with Gasteiger partial charge in [0.25, 0.3) is 4.38 Å². The molecular formula is C10H12ClN2S2+. The Morgan fingerprint density at radius 2 is 2.47 bits per heavy atom. The largest absolute Gasteiger partial charge is 0.270 e. The van der Waals surface area contributed by atoms with E-state index >= 15 is 0 Å². The van der Waals surface area contributed by atoms with Crippen LogP contribution in [0, 0.1) is 0 Å². The van der Waals surface area contributed by atoms with Gasteiger partial charge in [-0.25, -0.2) is 9.56 Å². The molecule has 0 aliphatic carbocycles. The van der Waals surface area contributed by atoms with Gasteiger partial charge in [0.15, 0.2) is 13.1 Å². The third-order valence-corrected chi connectivity index (χ3v) is 4.76. The highest BCUT2D eigenvalue weighted by Crippen LogP contribution is 2.21. The quantitative estimate of drug-likeness (QED) is 0.600. The summed E-state index contributed by atoms with van der Waals surface area (Å²) in [5.74, 6) is 1.19. The number of nitrogens with zero attached hydrogens (tertiary/aromatic N) is 2. The molecule has 0 N–H and O–H groups in total. The van der Waals surface area contributed by atoms with Crippen molar-refractivity contribution in [2.45, 2.75) is 6.54 Å². The molecule has 2 rings (SSSR count). The van der Waals surface area contributed by atoms with E-state index in [-0.39, 0.29) is 0 Å². The van der Waals surface area contributed by atoms with Crippen molar-refractivity contribution in [1.29, 1.82) is 0 Å². The van der Waals surface area contributed by atoms with Crippen molar-refractivity contribution in [3.8, 4) is 0 Å². The molecule has 1 aromatic heterocycles. The molecule has 1 aliphatic heterocycles. The van der Waals surface area contributed by atoms with Gasteiger partial charge < -0.3 is 0 Å². The minimum Gasteiger partial charge on any atom is -0.244 e. The Bertz CT molecular complexity index is 376.